The van der Waals surface area contributed by atoms with E-state index < -0.39 is 0 Å². The van der Waals surface area contributed by atoms with Crippen LogP contribution in [0.2, 0.25) is 0 Å². The summed E-state index contributed by atoms with van der Waals surface area (Å²) in [7, 11) is 0. The van der Waals surface area contributed by atoms with Crippen molar-refractivity contribution in [3.8, 4) is 0 Å². The fraction of sp³-hybridized carbons (Fsp3) is 0.650. The molecule has 24 heavy (non-hydrogen) atoms. The molecule has 132 valence electrons. The second-order valence-electron chi connectivity index (χ2n) is 7.97. The Balaban J connectivity index is 0.00000169. The normalized spacial score (nSPS) is 31.2. The van der Waals surface area contributed by atoms with Crippen LogP contribution in [0.3, 0.4) is 0 Å². The van der Waals surface area contributed by atoms with Crippen LogP contribution in [0.1, 0.15) is 50.5 Å². The van der Waals surface area contributed by atoms with E-state index in [1.807, 2.05) is 24.3 Å². The number of nitrogen functional groups attached to an aromatic ring is 1. The first kappa shape index (κ1) is 17.6. The molecule has 1 aliphatic heterocycles. The van der Waals surface area contributed by atoms with Gasteiger partial charge in [0.2, 0.25) is 5.91 Å². The quantitative estimate of drug-likeness (QED) is 0.834. The lowest BCUT2D eigenvalue weighted by atomic mass is 9.83. The Morgan fingerprint density at radius 1 is 1.12 bits per heavy atom. The van der Waals surface area contributed by atoms with Gasteiger partial charge < -0.3 is 10.6 Å². The molecule has 0 spiro atoms. The summed E-state index contributed by atoms with van der Waals surface area (Å²) in [5.74, 6) is 3.17. The summed E-state index contributed by atoms with van der Waals surface area (Å²) in [4.78, 5) is 14.9. The van der Waals surface area contributed by atoms with Crippen molar-refractivity contribution in [3.63, 3.8) is 0 Å². The maximum Gasteiger partial charge on any atom is 0.227 e. The largest absolute Gasteiger partial charge is 0.399 e. The first-order valence-electron chi connectivity index (χ1n) is 9.33. The highest BCUT2D eigenvalue weighted by atomic mass is 35.5. The molecular formula is C20H29ClN2O. The molecule has 0 radical (unpaired) electrons. The monoisotopic (exact) mass is 348 g/mol. The Kier molecular flexibility index (Phi) is 5.39. The van der Waals surface area contributed by atoms with Crippen LogP contribution < -0.4 is 5.73 Å². The number of benzene rings is 1. The number of likely N-dealkylation sites (tertiary alicyclic amines) is 1. The fourth-order valence-electron chi connectivity index (χ4n) is 5.34. The van der Waals surface area contributed by atoms with Gasteiger partial charge in [-0.2, -0.15) is 0 Å². The van der Waals surface area contributed by atoms with Gasteiger partial charge in [0, 0.05) is 18.3 Å². The number of hydrogen-bond donors (Lipinski definition) is 1. The van der Waals surface area contributed by atoms with Gasteiger partial charge in [-0.1, -0.05) is 18.6 Å². The van der Waals surface area contributed by atoms with Gasteiger partial charge in [-0.15, -0.1) is 12.4 Å². The number of carbonyl (C=O) groups excluding carboxylic acids is 1. The molecule has 4 rings (SSSR count). The van der Waals surface area contributed by atoms with E-state index in [-0.39, 0.29) is 12.4 Å². The molecule has 3 aliphatic rings. The lowest BCUT2D eigenvalue weighted by Crippen LogP contribution is -2.38. The van der Waals surface area contributed by atoms with Gasteiger partial charge in [0.1, 0.15) is 0 Å². The summed E-state index contributed by atoms with van der Waals surface area (Å²) < 4.78 is 0. The second kappa shape index (κ2) is 7.35. The number of halogens is 1. The molecule has 1 heterocycles. The van der Waals surface area contributed by atoms with E-state index >= 15 is 0 Å². The Hall–Kier alpha value is -1.22. The number of nitrogens with two attached hydrogens (primary N) is 1. The van der Waals surface area contributed by atoms with Gasteiger partial charge in [-0.25, -0.2) is 0 Å². The van der Waals surface area contributed by atoms with Crippen LogP contribution in [0.5, 0.6) is 0 Å². The maximum atomic E-state index is 12.7. The van der Waals surface area contributed by atoms with Crippen molar-refractivity contribution in [1.29, 1.82) is 0 Å². The molecule has 1 saturated heterocycles. The molecule has 1 amide bonds. The summed E-state index contributed by atoms with van der Waals surface area (Å²) in [5.41, 5.74) is 7.57. The molecule has 4 heteroatoms. The lowest BCUT2D eigenvalue weighted by Gasteiger charge is -2.30. The van der Waals surface area contributed by atoms with Crippen molar-refractivity contribution in [2.45, 2.75) is 57.4 Å². The molecule has 4 unspecified atom stereocenters. The highest BCUT2D eigenvalue weighted by Gasteiger charge is 2.41. The van der Waals surface area contributed by atoms with Gasteiger partial charge in [0.05, 0.1) is 6.42 Å². The van der Waals surface area contributed by atoms with Gasteiger partial charge in [-0.05, 0) is 74.0 Å². The van der Waals surface area contributed by atoms with Crippen molar-refractivity contribution >= 4 is 24.0 Å². The van der Waals surface area contributed by atoms with Gasteiger partial charge in [0.15, 0.2) is 0 Å². The van der Waals surface area contributed by atoms with E-state index in [9.17, 15) is 4.79 Å². The molecule has 2 N–H and O–H groups in total. The van der Waals surface area contributed by atoms with Crippen LogP contribution >= 0.6 is 12.4 Å². The van der Waals surface area contributed by atoms with Crippen molar-refractivity contribution in [1.82, 2.24) is 4.90 Å². The number of amides is 1. The number of fused-ring (bicyclic) bond motifs is 2. The van der Waals surface area contributed by atoms with Crippen molar-refractivity contribution < 1.29 is 4.79 Å². The number of anilines is 1. The molecule has 1 aromatic rings. The molecule has 3 nitrogen and oxygen atoms in total. The maximum absolute atomic E-state index is 12.7. The smallest absolute Gasteiger partial charge is 0.227 e. The van der Waals surface area contributed by atoms with E-state index in [4.69, 9.17) is 5.73 Å². The summed E-state index contributed by atoms with van der Waals surface area (Å²) in [5, 5.41) is 0. The van der Waals surface area contributed by atoms with E-state index in [1.165, 1.54) is 44.9 Å². The SMILES string of the molecule is Cl.Nc1ccc(CC(=O)N2CCCC2CC2CC3CCC2C3)cc1. The summed E-state index contributed by atoms with van der Waals surface area (Å²) in [6.07, 6.45) is 9.98. The average molecular weight is 349 g/mol. The number of hydrogen-bond acceptors (Lipinski definition) is 2. The third-order valence-corrected chi connectivity index (χ3v) is 6.49. The third-order valence-electron chi connectivity index (χ3n) is 6.49. The van der Waals surface area contributed by atoms with Crippen molar-refractivity contribution in [3.05, 3.63) is 29.8 Å². The van der Waals surface area contributed by atoms with Crippen molar-refractivity contribution in [2.24, 2.45) is 17.8 Å². The molecule has 4 atom stereocenters. The number of rotatable bonds is 4. The minimum atomic E-state index is 0. The Bertz CT molecular complexity index is 574. The standard InChI is InChI=1S/C20H28N2O.ClH/c21-18-7-4-14(5-8-18)12-20(23)22-9-1-2-19(22)13-17-11-15-3-6-16(17)10-15;/h4-5,7-8,15-17,19H,1-3,6,9-13,21H2;1H. The fourth-order valence-corrected chi connectivity index (χ4v) is 5.34. The topological polar surface area (TPSA) is 46.3 Å². The van der Waals surface area contributed by atoms with Crippen LogP contribution in [0, 0.1) is 17.8 Å². The van der Waals surface area contributed by atoms with Gasteiger partial charge >= 0.3 is 0 Å². The molecule has 1 aromatic carbocycles. The Morgan fingerprint density at radius 3 is 2.58 bits per heavy atom. The average Bonchev–Trinajstić information content (AvgIpc) is 3.26. The van der Waals surface area contributed by atoms with Crippen molar-refractivity contribution in [2.75, 3.05) is 12.3 Å². The number of nitrogens with zero attached hydrogens (tertiary/aromatic N) is 1. The zero-order valence-electron chi connectivity index (χ0n) is 14.3. The summed E-state index contributed by atoms with van der Waals surface area (Å²) >= 11 is 0. The summed E-state index contributed by atoms with van der Waals surface area (Å²) in [6, 6.07) is 8.24. The van der Waals surface area contributed by atoms with E-state index in [2.05, 4.69) is 4.90 Å². The molecule has 2 bridgehead atoms. The minimum Gasteiger partial charge on any atom is -0.399 e. The number of carbonyl (C=O) groups is 1. The predicted octanol–water partition coefficient (Wildman–Crippen LogP) is 4.05. The Labute approximate surface area is 151 Å². The zero-order valence-corrected chi connectivity index (χ0v) is 15.1. The highest BCUT2D eigenvalue weighted by Crippen LogP contribution is 2.50. The van der Waals surface area contributed by atoms with Crippen LogP contribution in [-0.4, -0.2) is 23.4 Å². The molecule has 0 aromatic heterocycles. The van der Waals surface area contributed by atoms with Gasteiger partial charge in [-0.3, -0.25) is 4.79 Å². The van der Waals surface area contributed by atoms with Crippen LogP contribution in [0.4, 0.5) is 5.69 Å². The van der Waals surface area contributed by atoms with Crippen LogP contribution in [0.25, 0.3) is 0 Å². The van der Waals surface area contributed by atoms with Crippen LogP contribution in [-0.2, 0) is 11.2 Å². The first-order chi connectivity index (χ1) is 11.2. The first-order valence-corrected chi connectivity index (χ1v) is 9.33. The van der Waals surface area contributed by atoms with E-state index in [0.29, 0.717) is 18.4 Å². The molecule has 2 saturated carbocycles. The van der Waals surface area contributed by atoms with Gasteiger partial charge in [0.25, 0.3) is 0 Å². The minimum absolute atomic E-state index is 0. The zero-order chi connectivity index (χ0) is 15.8. The predicted molar refractivity (Wildman–Crippen MR) is 100 cm³/mol. The molecular weight excluding hydrogens is 320 g/mol. The molecule has 2 aliphatic carbocycles. The Morgan fingerprint density at radius 2 is 1.92 bits per heavy atom. The highest BCUT2D eigenvalue weighted by molar-refractivity contribution is 5.85. The lowest BCUT2D eigenvalue weighted by molar-refractivity contribution is -0.131. The summed E-state index contributed by atoms with van der Waals surface area (Å²) in [6.45, 7) is 0.958. The van der Waals surface area contributed by atoms with Crippen LogP contribution in [0.15, 0.2) is 24.3 Å². The van der Waals surface area contributed by atoms with E-state index in [0.717, 1.165) is 35.5 Å². The molecule has 3 fully saturated rings. The third kappa shape index (κ3) is 3.56. The van der Waals surface area contributed by atoms with E-state index in [1.54, 1.807) is 0 Å². The second-order valence-corrected chi connectivity index (χ2v) is 7.97.